The van der Waals surface area contributed by atoms with Crippen molar-refractivity contribution in [3.8, 4) is 0 Å². The molecule has 0 radical (unpaired) electrons. The molecule has 21 heavy (non-hydrogen) atoms. The van der Waals surface area contributed by atoms with Gasteiger partial charge in [0.25, 0.3) is 0 Å². The molecular weight excluding hydrogens is 260 g/mol. The van der Waals surface area contributed by atoms with Gasteiger partial charge >= 0.3 is 0 Å². The summed E-state index contributed by atoms with van der Waals surface area (Å²) in [6, 6.07) is 8.34. The summed E-state index contributed by atoms with van der Waals surface area (Å²) in [6.45, 7) is 7.42. The molecule has 2 N–H and O–H groups in total. The van der Waals surface area contributed by atoms with E-state index >= 15 is 0 Å². The first kappa shape index (κ1) is 15.7. The number of benzene rings is 1. The van der Waals surface area contributed by atoms with E-state index < -0.39 is 0 Å². The predicted molar refractivity (Wildman–Crippen MR) is 87.1 cm³/mol. The molecule has 4 nitrogen and oxygen atoms in total. The van der Waals surface area contributed by atoms with Crippen molar-refractivity contribution >= 4 is 0 Å². The maximum Gasteiger partial charge on any atom is 0.131 e. The smallest absolute Gasteiger partial charge is 0.131 e. The number of hydrogen-bond acceptors (Lipinski definition) is 3. The summed E-state index contributed by atoms with van der Waals surface area (Å²) in [4.78, 5) is 6.53. The third kappa shape index (κ3) is 3.71. The van der Waals surface area contributed by atoms with Gasteiger partial charge in [-0.1, -0.05) is 45.0 Å². The number of nitrogens with zero attached hydrogens (tertiary/aromatic N) is 3. The van der Waals surface area contributed by atoms with Crippen molar-refractivity contribution in [1.29, 1.82) is 0 Å². The predicted octanol–water partition coefficient (Wildman–Crippen LogP) is 2.75. The molecular formula is C17H26N4. The lowest BCUT2D eigenvalue weighted by Gasteiger charge is -2.21. The first-order valence-corrected chi connectivity index (χ1v) is 7.31. The van der Waals surface area contributed by atoms with E-state index in [1.54, 1.807) is 0 Å². The second-order valence-electron chi connectivity index (χ2n) is 6.83. The molecule has 0 amide bonds. The zero-order valence-corrected chi connectivity index (χ0v) is 13.7. The molecule has 1 aromatic carbocycles. The molecule has 1 heterocycles. The van der Waals surface area contributed by atoms with Crippen molar-refractivity contribution in [1.82, 2.24) is 14.5 Å². The zero-order valence-electron chi connectivity index (χ0n) is 13.7. The Balaban J connectivity index is 2.24. The molecule has 0 saturated carbocycles. The van der Waals surface area contributed by atoms with Gasteiger partial charge in [0.1, 0.15) is 5.82 Å². The Hall–Kier alpha value is -1.65. The molecule has 0 bridgehead atoms. The maximum atomic E-state index is 6.39. The average Bonchev–Trinajstić information content (AvgIpc) is 2.84. The normalized spacial score (nSPS) is 13.7. The summed E-state index contributed by atoms with van der Waals surface area (Å²) in [5.74, 6) is 0.896. The fourth-order valence-electron chi connectivity index (χ4n) is 2.36. The first-order valence-electron chi connectivity index (χ1n) is 7.31. The van der Waals surface area contributed by atoms with Crippen LogP contribution >= 0.6 is 0 Å². The zero-order chi connectivity index (χ0) is 15.6. The van der Waals surface area contributed by atoms with E-state index in [-0.39, 0.29) is 11.5 Å². The van der Waals surface area contributed by atoms with E-state index in [1.807, 2.05) is 26.5 Å². The minimum Gasteiger partial charge on any atom is -0.320 e. The van der Waals surface area contributed by atoms with Gasteiger partial charge in [-0.25, -0.2) is 4.98 Å². The molecule has 0 saturated heterocycles. The Morgan fingerprint density at radius 2 is 1.81 bits per heavy atom. The van der Waals surface area contributed by atoms with Gasteiger partial charge < -0.3 is 10.3 Å². The molecule has 0 aliphatic carbocycles. The number of imidazole rings is 1. The van der Waals surface area contributed by atoms with E-state index in [2.05, 4.69) is 59.5 Å². The molecule has 2 aromatic rings. The maximum absolute atomic E-state index is 6.39. The number of rotatable bonds is 4. The number of nitrogens with two attached hydrogens (primary N) is 1. The van der Waals surface area contributed by atoms with Gasteiger partial charge in [0.15, 0.2) is 0 Å². The van der Waals surface area contributed by atoms with Gasteiger partial charge in [-0.3, -0.25) is 4.90 Å². The Bertz CT molecular complexity index is 576. The molecule has 0 fully saturated rings. The van der Waals surface area contributed by atoms with Crippen molar-refractivity contribution in [2.75, 3.05) is 14.1 Å². The highest BCUT2D eigenvalue weighted by atomic mass is 15.2. The van der Waals surface area contributed by atoms with Crippen LogP contribution in [0.2, 0.25) is 0 Å². The summed E-state index contributed by atoms with van der Waals surface area (Å²) in [5, 5.41) is 0. The van der Waals surface area contributed by atoms with E-state index in [0.29, 0.717) is 0 Å². The van der Waals surface area contributed by atoms with Gasteiger partial charge in [0, 0.05) is 12.4 Å². The quantitative estimate of drug-likeness (QED) is 0.940. The Labute approximate surface area is 127 Å². The SMILES string of the molecule is CN(C)Cn1ccnc1C(N)c1ccc(C(C)(C)C)cc1. The Morgan fingerprint density at radius 1 is 1.19 bits per heavy atom. The molecule has 0 aliphatic rings. The van der Waals surface area contributed by atoms with Crippen molar-refractivity contribution < 1.29 is 0 Å². The fraction of sp³-hybridized carbons (Fsp3) is 0.471. The molecule has 114 valence electrons. The lowest BCUT2D eigenvalue weighted by molar-refractivity contribution is 0.318. The summed E-state index contributed by atoms with van der Waals surface area (Å²) in [5.41, 5.74) is 8.96. The number of aromatic nitrogens is 2. The molecule has 0 aliphatic heterocycles. The van der Waals surface area contributed by atoms with Crippen LogP contribution in [-0.4, -0.2) is 28.5 Å². The van der Waals surface area contributed by atoms with Crippen LogP contribution in [-0.2, 0) is 12.1 Å². The molecule has 1 atom stereocenters. The van der Waals surface area contributed by atoms with Crippen LogP contribution in [0.25, 0.3) is 0 Å². The summed E-state index contributed by atoms with van der Waals surface area (Å²) in [7, 11) is 4.07. The fourth-order valence-corrected chi connectivity index (χ4v) is 2.36. The van der Waals surface area contributed by atoms with Crippen LogP contribution in [0, 0.1) is 0 Å². The second kappa shape index (κ2) is 6.00. The van der Waals surface area contributed by atoms with E-state index in [4.69, 9.17) is 5.73 Å². The van der Waals surface area contributed by atoms with Crippen LogP contribution in [0.1, 0.15) is 43.8 Å². The van der Waals surface area contributed by atoms with Gasteiger partial charge in [-0.2, -0.15) is 0 Å². The van der Waals surface area contributed by atoms with Crippen LogP contribution in [0.15, 0.2) is 36.7 Å². The van der Waals surface area contributed by atoms with Crippen molar-refractivity contribution in [3.63, 3.8) is 0 Å². The van der Waals surface area contributed by atoms with E-state index in [9.17, 15) is 0 Å². The highest BCUT2D eigenvalue weighted by Crippen LogP contribution is 2.25. The molecule has 1 unspecified atom stereocenters. The Kier molecular flexibility index (Phi) is 4.49. The highest BCUT2D eigenvalue weighted by molar-refractivity contribution is 5.31. The third-order valence-corrected chi connectivity index (χ3v) is 3.60. The third-order valence-electron chi connectivity index (χ3n) is 3.60. The minimum absolute atomic E-state index is 0.159. The monoisotopic (exact) mass is 286 g/mol. The first-order chi connectivity index (χ1) is 9.79. The van der Waals surface area contributed by atoms with Crippen molar-refractivity contribution in [2.24, 2.45) is 5.73 Å². The summed E-state index contributed by atoms with van der Waals surface area (Å²) < 4.78 is 2.09. The largest absolute Gasteiger partial charge is 0.320 e. The summed E-state index contributed by atoms with van der Waals surface area (Å²) >= 11 is 0. The average molecular weight is 286 g/mol. The lowest BCUT2D eigenvalue weighted by Crippen LogP contribution is -2.23. The standard InChI is InChI=1S/C17H26N4/c1-17(2,3)14-8-6-13(7-9-14)15(18)16-19-10-11-21(16)12-20(4)5/h6-11,15H,12,18H2,1-5H3. The van der Waals surface area contributed by atoms with Crippen molar-refractivity contribution in [3.05, 3.63) is 53.6 Å². The van der Waals surface area contributed by atoms with Crippen LogP contribution in [0.3, 0.4) is 0 Å². The van der Waals surface area contributed by atoms with Gasteiger partial charge in [-0.15, -0.1) is 0 Å². The summed E-state index contributed by atoms with van der Waals surface area (Å²) in [6.07, 6.45) is 3.78. The van der Waals surface area contributed by atoms with Crippen LogP contribution in [0.4, 0.5) is 0 Å². The van der Waals surface area contributed by atoms with Crippen molar-refractivity contribution in [2.45, 2.75) is 38.9 Å². The molecule has 1 aromatic heterocycles. The molecule has 2 rings (SSSR count). The lowest BCUT2D eigenvalue weighted by atomic mass is 9.86. The number of hydrogen-bond donors (Lipinski definition) is 1. The highest BCUT2D eigenvalue weighted by Gasteiger charge is 2.17. The Morgan fingerprint density at radius 3 is 2.33 bits per heavy atom. The molecule has 4 heteroatoms. The van der Waals surface area contributed by atoms with Gasteiger partial charge in [-0.05, 0) is 30.6 Å². The second-order valence-corrected chi connectivity index (χ2v) is 6.83. The van der Waals surface area contributed by atoms with Gasteiger partial charge in [0.05, 0.1) is 12.7 Å². The molecule has 0 spiro atoms. The van der Waals surface area contributed by atoms with Crippen LogP contribution < -0.4 is 5.73 Å². The van der Waals surface area contributed by atoms with E-state index in [1.165, 1.54) is 5.56 Å². The van der Waals surface area contributed by atoms with Gasteiger partial charge in [0.2, 0.25) is 0 Å². The van der Waals surface area contributed by atoms with E-state index in [0.717, 1.165) is 18.1 Å². The topological polar surface area (TPSA) is 47.1 Å². The minimum atomic E-state index is -0.200. The van der Waals surface area contributed by atoms with Crippen LogP contribution in [0.5, 0.6) is 0 Å².